The van der Waals surface area contributed by atoms with Gasteiger partial charge in [-0.15, -0.1) is 0 Å². The Morgan fingerprint density at radius 1 is 1.48 bits per heavy atom. The van der Waals surface area contributed by atoms with Crippen LogP contribution in [0, 0.1) is 17.0 Å². The predicted molar refractivity (Wildman–Crippen MR) is 75.9 cm³/mol. The van der Waals surface area contributed by atoms with E-state index in [2.05, 4.69) is 16.0 Å². The van der Waals surface area contributed by atoms with Crippen LogP contribution in [0.15, 0.2) is 18.2 Å². The van der Waals surface area contributed by atoms with Gasteiger partial charge in [0.15, 0.2) is 0 Å². The fraction of sp³-hybridized carbons (Fsp3) is 0.385. The molecule has 1 aliphatic heterocycles. The van der Waals surface area contributed by atoms with Crippen LogP contribution in [0.1, 0.15) is 12.0 Å². The topological polar surface area (TPSA) is 113 Å². The number of rotatable bonds is 4. The minimum absolute atomic E-state index is 0.0203. The summed E-state index contributed by atoms with van der Waals surface area (Å²) in [6, 6.07) is 3.90. The third kappa shape index (κ3) is 3.76. The SMILES string of the molecule is Cc1ccc(NC(=O)C[C@H]2NCCNC2=O)cc1[N+](=O)[O-]. The maximum absolute atomic E-state index is 11.9. The molecule has 21 heavy (non-hydrogen) atoms. The van der Waals surface area contributed by atoms with Gasteiger partial charge in [-0.1, -0.05) is 6.07 Å². The first-order chi connectivity index (χ1) is 9.97. The van der Waals surface area contributed by atoms with E-state index in [1.807, 2.05) is 0 Å². The molecule has 0 radical (unpaired) electrons. The Kier molecular flexibility index (Phi) is 4.49. The van der Waals surface area contributed by atoms with Crippen molar-refractivity contribution in [2.24, 2.45) is 0 Å². The molecule has 0 saturated carbocycles. The molecular formula is C13H16N4O4. The number of piperazine rings is 1. The monoisotopic (exact) mass is 292 g/mol. The predicted octanol–water partition coefficient (Wildman–Crippen LogP) is 0.320. The molecule has 3 N–H and O–H groups in total. The van der Waals surface area contributed by atoms with E-state index in [0.29, 0.717) is 24.3 Å². The second-order valence-corrected chi connectivity index (χ2v) is 4.81. The van der Waals surface area contributed by atoms with E-state index in [9.17, 15) is 19.7 Å². The lowest BCUT2D eigenvalue weighted by atomic mass is 10.1. The van der Waals surface area contributed by atoms with Gasteiger partial charge in [-0.05, 0) is 13.0 Å². The number of hydrogen-bond donors (Lipinski definition) is 3. The highest BCUT2D eigenvalue weighted by atomic mass is 16.6. The number of carbonyl (C=O) groups is 2. The molecule has 1 aromatic rings. The van der Waals surface area contributed by atoms with Crippen LogP contribution in [0.3, 0.4) is 0 Å². The number of nitrogens with zero attached hydrogens (tertiary/aromatic N) is 1. The van der Waals surface area contributed by atoms with Gasteiger partial charge in [-0.2, -0.15) is 0 Å². The van der Waals surface area contributed by atoms with Crippen LogP contribution in [-0.2, 0) is 9.59 Å². The molecule has 1 atom stereocenters. The molecule has 0 spiro atoms. The van der Waals surface area contributed by atoms with Crippen molar-refractivity contribution >= 4 is 23.2 Å². The lowest BCUT2D eigenvalue weighted by molar-refractivity contribution is -0.385. The minimum atomic E-state index is -0.570. The molecule has 8 heteroatoms. The summed E-state index contributed by atoms with van der Waals surface area (Å²) in [5.74, 6) is -0.589. The lowest BCUT2D eigenvalue weighted by Crippen LogP contribution is -2.53. The van der Waals surface area contributed by atoms with Crippen molar-refractivity contribution in [3.8, 4) is 0 Å². The van der Waals surface area contributed by atoms with E-state index in [0.717, 1.165) is 0 Å². The van der Waals surface area contributed by atoms with Crippen LogP contribution in [0.25, 0.3) is 0 Å². The highest BCUT2D eigenvalue weighted by molar-refractivity contribution is 5.95. The molecule has 8 nitrogen and oxygen atoms in total. The van der Waals surface area contributed by atoms with Gasteiger partial charge in [0.25, 0.3) is 5.69 Å². The van der Waals surface area contributed by atoms with Gasteiger partial charge in [0.1, 0.15) is 0 Å². The molecule has 2 rings (SSSR count). The summed E-state index contributed by atoms with van der Waals surface area (Å²) in [7, 11) is 0. The number of anilines is 1. The van der Waals surface area contributed by atoms with Crippen molar-refractivity contribution in [2.75, 3.05) is 18.4 Å². The van der Waals surface area contributed by atoms with Crippen LogP contribution in [0.4, 0.5) is 11.4 Å². The Morgan fingerprint density at radius 3 is 2.90 bits per heavy atom. The number of nitro groups is 1. The number of benzene rings is 1. The number of amides is 2. The normalized spacial score (nSPS) is 18.0. The van der Waals surface area contributed by atoms with Crippen LogP contribution in [0.2, 0.25) is 0 Å². The van der Waals surface area contributed by atoms with E-state index in [1.54, 1.807) is 19.1 Å². The van der Waals surface area contributed by atoms with Crippen molar-refractivity contribution in [3.63, 3.8) is 0 Å². The zero-order valence-corrected chi connectivity index (χ0v) is 11.5. The van der Waals surface area contributed by atoms with Crippen molar-refractivity contribution in [1.29, 1.82) is 0 Å². The fourth-order valence-electron chi connectivity index (χ4n) is 2.09. The second-order valence-electron chi connectivity index (χ2n) is 4.81. The molecule has 112 valence electrons. The summed E-state index contributed by atoms with van der Waals surface area (Å²) >= 11 is 0. The van der Waals surface area contributed by atoms with Crippen molar-refractivity contribution in [1.82, 2.24) is 10.6 Å². The van der Waals surface area contributed by atoms with Gasteiger partial charge in [-0.3, -0.25) is 19.7 Å². The molecule has 2 amide bonds. The number of carbonyl (C=O) groups excluding carboxylic acids is 2. The van der Waals surface area contributed by atoms with Crippen LogP contribution in [0.5, 0.6) is 0 Å². The summed E-state index contributed by atoms with van der Waals surface area (Å²) < 4.78 is 0. The van der Waals surface area contributed by atoms with Gasteiger partial charge in [0.2, 0.25) is 11.8 Å². The molecule has 1 aromatic carbocycles. The van der Waals surface area contributed by atoms with Crippen LogP contribution < -0.4 is 16.0 Å². The van der Waals surface area contributed by atoms with Crippen LogP contribution >= 0.6 is 0 Å². The molecule has 1 saturated heterocycles. The first kappa shape index (κ1) is 14.9. The van der Waals surface area contributed by atoms with Crippen LogP contribution in [-0.4, -0.2) is 35.9 Å². The Bertz CT molecular complexity index is 588. The van der Waals surface area contributed by atoms with E-state index in [1.165, 1.54) is 6.07 Å². The largest absolute Gasteiger partial charge is 0.353 e. The average molecular weight is 292 g/mol. The highest BCUT2D eigenvalue weighted by Gasteiger charge is 2.24. The molecule has 1 heterocycles. The fourth-order valence-corrected chi connectivity index (χ4v) is 2.09. The van der Waals surface area contributed by atoms with E-state index in [4.69, 9.17) is 0 Å². The van der Waals surface area contributed by atoms with E-state index < -0.39 is 11.0 Å². The van der Waals surface area contributed by atoms with Gasteiger partial charge in [0, 0.05) is 30.4 Å². The number of nitro benzene ring substituents is 1. The molecule has 0 aromatic heterocycles. The number of aryl methyl sites for hydroxylation is 1. The smallest absolute Gasteiger partial charge is 0.274 e. The van der Waals surface area contributed by atoms with E-state index in [-0.39, 0.29) is 23.9 Å². The third-order valence-corrected chi connectivity index (χ3v) is 3.21. The molecular weight excluding hydrogens is 276 g/mol. The van der Waals surface area contributed by atoms with Gasteiger partial charge in [0.05, 0.1) is 17.4 Å². The quantitative estimate of drug-likeness (QED) is 0.546. The summed E-state index contributed by atoms with van der Waals surface area (Å²) in [6.07, 6.45) is -0.0203. The summed E-state index contributed by atoms with van der Waals surface area (Å²) in [4.78, 5) is 33.8. The van der Waals surface area contributed by atoms with Gasteiger partial charge >= 0.3 is 0 Å². The zero-order chi connectivity index (χ0) is 15.4. The molecule has 0 unspecified atom stereocenters. The Balaban J connectivity index is 2.01. The first-order valence-electron chi connectivity index (χ1n) is 6.53. The van der Waals surface area contributed by atoms with Gasteiger partial charge < -0.3 is 16.0 Å². The summed E-state index contributed by atoms with van der Waals surface area (Å²) in [5, 5.41) is 19.0. The van der Waals surface area contributed by atoms with Crippen molar-refractivity contribution in [3.05, 3.63) is 33.9 Å². The van der Waals surface area contributed by atoms with Gasteiger partial charge in [-0.25, -0.2) is 0 Å². The summed E-state index contributed by atoms with van der Waals surface area (Å²) in [5.41, 5.74) is 0.807. The van der Waals surface area contributed by atoms with Crippen molar-refractivity contribution < 1.29 is 14.5 Å². The average Bonchev–Trinajstić information content (AvgIpc) is 2.43. The summed E-state index contributed by atoms with van der Waals surface area (Å²) in [6.45, 7) is 2.78. The number of hydrogen-bond acceptors (Lipinski definition) is 5. The Morgan fingerprint density at radius 2 is 2.24 bits per heavy atom. The number of nitrogens with one attached hydrogen (secondary N) is 3. The first-order valence-corrected chi connectivity index (χ1v) is 6.53. The molecule has 0 aliphatic carbocycles. The maximum atomic E-state index is 11.9. The molecule has 1 aliphatic rings. The highest BCUT2D eigenvalue weighted by Crippen LogP contribution is 2.22. The Hall–Kier alpha value is -2.48. The second kappa shape index (κ2) is 6.31. The van der Waals surface area contributed by atoms with E-state index >= 15 is 0 Å². The maximum Gasteiger partial charge on any atom is 0.274 e. The lowest BCUT2D eigenvalue weighted by Gasteiger charge is -2.22. The minimum Gasteiger partial charge on any atom is -0.353 e. The molecule has 1 fully saturated rings. The van der Waals surface area contributed by atoms with Crippen molar-refractivity contribution in [2.45, 2.75) is 19.4 Å². The zero-order valence-electron chi connectivity index (χ0n) is 11.5. The Labute approximate surface area is 121 Å². The third-order valence-electron chi connectivity index (χ3n) is 3.21. The molecule has 0 bridgehead atoms. The standard InChI is InChI=1S/C13H16N4O4/c1-8-2-3-9(6-11(8)17(20)21)16-12(18)7-10-13(19)15-5-4-14-10/h2-3,6,10,14H,4-5,7H2,1H3,(H,15,19)(H,16,18)/t10-/m1/s1.